The highest BCUT2D eigenvalue weighted by molar-refractivity contribution is 7.98. The largest absolute Gasteiger partial charge is 0.491 e. The maximum atomic E-state index is 13.0. The molecule has 7 heteroatoms. The van der Waals surface area contributed by atoms with Gasteiger partial charge in [0.05, 0.1) is 17.3 Å². The van der Waals surface area contributed by atoms with Crippen molar-refractivity contribution >= 4 is 35.4 Å². The van der Waals surface area contributed by atoms with Crippen LogP contribution in [0.15, 0.2) is 65.6 Å². The third-order valence-corrected chi connectivity index (χ3v) is 6.11. The van der Waals surface area contributed by atoms with Crippen molar-refractivity contribution in [2.75, 3.05) is 6.61 Å². The minimum atomic E-state index is -1.06. The molecule has 1 aromatic heterocycles. The van der Waals surface area contributed by atoms with Gasteiger partial charge in [0.15, 0.2) is 0 Å². The average molecular weight is 458 g/mol. The standard InChI is InChI=1S/C24H21ClFNO3S/c1-16-3-2-4-20(25)24(16)31-15-19-9-11-22(21(27-19)10-12-23(28)29)30-14-13-17-5-7-18(26)8-6-17/h2-12H,13-15H2,1H3,(H,28,29)/b12-10+. The lowest BCUT2D eigenvalue weighted by molar-refractivity contribution is -0.131. The first-order chi connectivity index (χ1) is 14.9. The van der Waals surface area contributed by atoms with Crippen LogP contribution in [0.4, 0.5) is 4.39 Å². The number of benzene rings is 2. The molecule has 0 radical (unpaired) electrons. The van der Waals surface area contributed by atoms with Crippen molar-refractivity contribution in [3.63, 3.8) is 0 Å². The van der Waals surface area contributed by atoms with Gasteiger partial charge in [-0.05, 0) is 54.5 Å². The van der Waals surface area contributed by atoms with Gasteiger partial charge in [-0.2, -0.15) is 0 Å². The van der Waals surface area contributed by atoms with Crippen molar-refractivity contribution in [3.8, 4) is 5.75 Å². The molecule has 0 aliphatic rings. The van der Waals surface area contributed by atoms with Crippen LogP contribution in [0.25, 0.3) is 6.08 Å². The Balaban J connectivity index is 1.71. The fourth-order valence-corrected chi connectivity index (χ4v) is 4.19. The number of carboxylic acids is 1. The SMILES string of the molecule is Cc1cccc(Cl)c1SCc1ccc(OCCc2ccc(F)cc2)c(/C=C/C(=O)O)n1. The summed E-state index contributed by atoms with van der Waals surface area (Å²) in [5.74, 6) is -0.280. The van der Waals surface area contributed by atoms with Crippen molar-refractivity contribution in [1.82, 2.24) is 4.98 Å². The van der Waals surface area contributed by atoms with Crippen LogP contribution in [0.5, 0.6) is 5.75 Å². The second kappa shape index (κ2) is 11.0. The van der Waals surface area contributed by atoms with Gasteiger partial charge in [-0.25, -0.2) is 14.2 Å². The minimum Gasteiger partial charge on any atom is -0.491 e. The fourth-order valence-electron chi connectivity index (χ4n) is 2.85. The maximum absolute atomic E-state index is 13.0. The van der Waals surface area contributed by atoms with Crippen LogP contribution in [0.2, 0.25) is 5.02 Å². The van der Waals surface area contributed by atoms with E-state index in [9.17, 15) is 9.18 Å². The number of aromatic nitrogens is 1. The van der Waals surface area contributed by atoms with E-state index in [1.54, 1.807) is 30.0 Å². The first kappa shape index (κ1) is 22.8. The van der Waals surface area contributed by atoms with E-state index in [-0.39, 0.29) is 5.82 Å². The number of thioether (sulfide) groups is 1. The summed E-state index contributed by atoms with van der Waals surface area (Å²) in [5, 5.41) is 9.68. The van der Waals surface area contributed by atoms with Gasteiger partial charge in [-0.15, -0.1) is 11.8 Å². The molecule has 0 saturated carbocycles. The van der Waals surface area contributed by atoms with Gasteiger partial charge in [0.1, 0.15) is 17.3 Å². The number of pyridine rings is 1. The zero-order valence-electron chi connectivity index (χ0n) is 16.8. The summed E-state index contributed by atoms with van der Waals surface area (Å²) in [6.07, 6.45) is 3.04. The molecule has 0 fully saturated rings. The van der Waals surface area contributed by atoms with E-state index in [2.05, 4.69) is 4.98 Å². The van der Waals surface area contributed by atoms with Crippen molar-refractivity contribution in [2.45, 2.75) is 24.0 Å². The number of nitrogens with zero attached hydrogens (tertiary/aromatic N) is 1. The van der Waals surface area contributed by atoms with Crippen LogP contribution in [0.1, 0.15) is 22.5 Å². The lowest BCUT2D eigenvalue weighted by Crippen LogP contribution is -2.04. The van der Waals surface area contributed by atoms with E-state index < -0.39 is 5.97 Å². The molecule has 4 nitrogen and oxygen atoms in total. The summed E-state index contributed by atoms with van der Waals surface area (Å²) < 4.78 is 18.9. The minimum absolute atomic E-state index is 0.282. The van der Waals surface area contributed by atoms with Crippen molar-refractivity contribution in [1.29, 1.82) is 0 Å². The molecule has 31 heavy (non-hydrogen) atoms. The molecule has 0 aliphatic heterocycles. The topological polar surface area (TPSA) is 59.4 Å². The highest BCUT2D eigenvalue weighted by Crippen LogP contribution is 2.32. The van der Waals surface area contributed by atoms with Crippen molar-refractivity contribution in [3.05, 3.63) is 94.0 Å². The molecule has 0 spiro atoms. The Kier molecular flexibility index (Phi) is 8.09. The number of aryl methyl sites for hydroxylation is 1. The van der Waals surface area contributed by atoms with Gasteiger partial charge in [0.25, 0.3) is 0 Å². The molecule has 3 rings (SSSR count). The first-order valence-electron chi connectivity index (χ1n) is 9.58. The Hall–Kier alpha value is -2.83. The van der Waals surface area contributed by atoms with Crippen molar-refractivity contribution in [2.24, 2.45) is 0 Å². The molecule has 160 valence electrons. The van der Waals surface area contributed by atoms with Crippen LogP contribution in [-0.2, 0) is 17.0 Å². The number of aliphatic carboxylic acids is 1. The summed E-state index contributed by atoms with van der Waals surface area (Å²) in [5.41, 5.74) is 3.25. The average Bonchev–Trinajstić information content (AvgIpc) is 2.74. The summed E-state index contributed by atoms with van der Waals surface area (Å²) in [7, 11) is 0. The number of carbonyl (C=O) groups is 1. The Morgan fingerprint density at radius 3 is 2.68 bits per heavy atom. The van der Waals surface area contributed by atoms with Gasteiger partial charge in [0.2, 0.25) is 0 Å². The fraction of sp³-hybridized carbons (Fsp3) is 0.167. The van der Waals surface area contributed by atoms with Crippen molar-refractivity contribution < 1.29 is 19.0 Å². The Labute approximate surface area is 189 Å². The monoisotopic (exact) mass is 457 g/mol. The number of rotatable bonds is 9. The molecule has 2 aromatic carbocycles. The zero-order valence-corrected chi connectivity index (χ0v) is 18.4. The number of halogens is 2. The Morgan fingerprint density at radius 2 is 1.97 bits per heavy atom. The van der Waals surface area contributed by atoms with E-state index in [4.69, 9.17) is 21.4 Å². The quantitative estimate of drug-likeness (QED) is 0.306. The van der Waals surface area contributed by atoms with Crippen LogP contribution in [0, 0.1) is 12.7 Å². The number of hydrogen-bond donors (Lipinski definition) is 1. The molecular formula is C24H21ClFNO3S. The van der Waals surface area contributed by atoms with Crippen LogP contribution < -0.4 is 4.74 Å². The molecule has 0 amide bonds. The predicted molar refractivity (Wildman–Crippen MR) is 122 cm³/mol. The van der Waals surface area contributed by atoms with Gasteiger partial charge < -0.3 is 9.84 Å². The Morgan fingerprint density at radius 1 is 1.19 bits per heavy atom. The third-order valence-electron chi connectivity index (χ3n) is 4.42. The second-order valence-corrected chi connectivity index (χ2v) is 8.15. The summed E-state index contributed by atoms with van der Waals surface area (Å²) >= 11 is 7.87. The molecule has 0 saturated heterocycles. The van der Waals surface area contributed by atoms with Gasteiger partial charge in [0, 0.05) is 23.1 Å². The van der Waals surface area contributed by atoms with Gasteiger partial charge in [-0.1, -0.05) is 35.9 Å². The lowest BCUT2D eigenvalue weighted by atomic mass is 10.1. The van der Waals surface area contributed by atoms with Gasteiger partial charge >= 0.3 is 5.97 Å². The molecule has 1 N–H and O–H groups in total. The normalized spacial score (nSPS) is 11.1. The molecular weight excluding hydrogens is 437 g/mol. The Bertz CT molecular complexity index is 1070. The first-order valence-corrected chi connectivity index (χ1v) is 10.9. The molecule has 0 unspecified atom stereocenters. The molecule has 0 bridgehead atoms. The van der Waals surface area contributed by atoms with E-state index in [1.807, 2.05) is 31.2 Å². The van der Waals surface area contributed by atoms with Gasteiger partial charge in [-0.3, -0.25) is 0 Å². The van der Waals surface area contributed by atoms with Crippen LogP contribution in [0.3, 0.4) is 0 Å². The van der Waals surface area contributed by atoms with E-state index in [0.717, 1.165) is 27.8 Å². The molecule has 0 aliphatic carbocycles. The molecule has 1 heterocycles. The van der Waals surface area contributed by atoms with Crippen LogP contribution >= 0.6 is 23.4 Å². The summed E-state index contributed by atoms with van der Waals surface area (Å²) in [4.78, 5) is 16.5. The number of carboxylic acid groups (broad SMARTS) is 1. The smallest absolute Gasteiger partial charge is 0.328 e. The third kappa shape index (κ3) is 6.84. The highest BCUT2D eigenvalue weighted by Gasteiger charge is 2.09. The zero-order chi connectivity index (χ0) is 22.2. The summed E-state index contributed by atoms with van der Waals surface area (Å²) in [6, 6.07) is 15.6. The number of hydrogen-bond acceptors (Lipinski definition) is 4. The highest BCUT2D eigenvalue weighted by atomic mass is 35.5. The van der Waals surface area contributed by atoms with E-state index in [1.165, 1.54) is 18.2 Å². The van der Waals surface area contributed by atoms with Crippen LogP contribution in [-0.4, -0.2) is 22.7 Å². The predicted octanol–water partition coefficient (Wildman–Crippen LogP) is 6.19. The number of ether oxygens (including phenoxy) is 1. The second-order valence-electron chi connectivity index (χ2n) is 6.76. The molecule has 3 aromatic rings. The van der Waals surface area contributed by atoms with E-state index >= 15 is 0 Å². The van der Waals surface area contributed by atoms with E-state index in [0.29, 0.717) is 35.2 Å². The summed E-state index contributed by atoms with van der Waals surface area (Å²) in [6.45, 7) is 2.36. The maximum Gasteiger partial charge on any atom is 0.328 e. The molecule has 0 atom stereocenters. The lowest BCUT2D eigenvalue weighted by Gasteiger charge is -2.11.